The summed E-state index contributed by atoms with van der Waals surface area (Å²) in [5.41, 5.74) is 0. The second-order valence-corrected chi connectivity index (χ2v) is 4.51. The van der Waals surface area contributed by atoms with Crippen molar-refractivity contribution in [2.45, 2.75) is 57.3 Å². The lowest BCUT2D eigenvalue weighted by atomic mass is 10.1. The van der Waals surface area contributed by atoms with Crippen molar-refractivity contribution >= 4 is 0 Å². The molecule has 88 valence electrons. The Bertz CT molecular complexity index is 240. The molecule has 0 radical (unpaired) electrons. The van der Waals surface area contributed by atoms with Crippen LogP contribution in [-0.4, -0.2) is 48.7 Å². The van der Waals surface area contributed by atoms with Crippen LogP contribution in [0.25, 0.3) is 0 Å². The van der Waals surface area contributed by atoms with Gasteiger partial charge in [0.1, 0.15) is 18.3 Å². The van der Waals surface area contributed by atoms with Crippen LogP contribution in [0.4, 0.5) is 0 Å². The Morgan fingerprint density at radius 2 is 1.87 bits per heavy atom. The predicted octanol–water partition coefficient (Wildman–Crippen LogP) is 0.259. The minimum Gasteiger partial charge on any atom is -0.391 e. The maximum atomic E-state index is 9.57. The first-order valence-corrected chi connectivity index (χ1v) is 5.16. The number of aliphatic hydroxyl groups is 1. The van der Waals surface area contributed by atoms with E-state index >= 15 is 0 Å². The fraction of sp³-hybridized carbons (Fsp3) is 1.00. The molecule has 5 atom stereocenters. The van der Waals surface area contributed by atoms with E-state index < -0.39 is 18.2 Å². The van der Waals surface area contributed by atoms with Gasteiger partial charge in [0, 0.05) is 7.11 Å². The third kappa shape index (κ3) is 1.90. The lowest BCUT2D eigenvalue weighted by molar-refractivity contribution is -0.235. The molecule has 2 aliphatic heterocycles. The Kier molecular flexibility index (Phi) is 2.77. The predicted molar refractivity (Wildman–Crippen MR) is 51.2 cm³/mol. The zero-order valence-electron chi connectivity index (χ0n) is 9.47. The average molecular weight is 218 g/mol. The Hall–Kier alpha value is -0.200. The molecule has 2 heterocycles. The van der Waals surface area contributed by atoms with Gasteiger partial charge in [0.15, 0.2) is 12.1 Å². The third-order valence-corrected chi connectivity index (χ3v) is 2.75. The number of fused-ring (bicyclic) bond motifs is 1. The molecule has 0 aliphatic carbocycles. The Morgan fingerprint density at radius 3 is 2.40 bits per heavy atom. The molecule has 5 heteroatoms. The van der Waals surface area contributed by atoms with Crippen molar-refractivity contribution < 1.29 is 24.1 Å². The molecule has 2 fully saturated rings. The monoisotopic (exact) mass is 218 g/mol. The molecule has 5 nitrogen and oxygen atoms in total. The molecule has 1 N–H and O–H groups in total. The van der Waals surface area contributed by atoms with E-state index in [2.05, 4.69) is 0 Å². The van der Waals surface area contributed by atoms with Crippen LogP contribution in [0.2, 0.25) is 0 Å². The first kappa shape index (κ1) is 11.3. The molecule has 0 aromatic heterocycles. The van der Waals surface area contributed by atoms with Gasteiger partial charge < -0.3 is 24.1 Å². The van der Waals surface area contributed by atoms with Gasteiger partial charge in [0.25, 0.3) is 0 Å². The van der Waals surface area contributed by atoms with Crippen LogP contribution in [0.5, 0.6) is 0 Å². The van der Waals surface area contributed by atoms with E-state index in [1.165, 1.54) is 0 Å². The molecule has 0 saturated carbocycles. The van der Waals surface area contributed by atoms with Crippen LogP contribution in [0, 0.1) is 0 Å². The number of rotatable bonds is 2. The number of hydrogen-bond acceptors (Lipinski definition) is 5. The minimum absolute atomic E-state index is 0.259. The highest BCUT2D eigenvalue weighted by Gasteiger charge is 2.56. The Labute approximate surface area is 89.3 Å². The minimum atomic E-state index is -0.636. The third-order valence-electron chi connectivity index (χ3n) is 2.75. The van der Waals surface area contributed by atoms with Crippen LogP contribution in [-0.2, 0) is 18.9 Å². The first-order valence-electron chi connectivity index (χ1n) is 5.16. The Morgan fingerprint density at radius 1 is 1.27 bits per heavy atom. The molecule has 0 aromatic carbocycles. The van der Waals surface area contributed by atoms with Gasteiger partial charge in [-0.25, -0.2) is 0 Å². The van der Waals surface area contributed by atoms with Gasteiger partial charge in [-0.2, -0.15) is 0 Å². The smallest absolute Gasteiger partial charge is 0.186 e. The molecule has 2 aliphatic rings. The van der Waals surface area contributed by atoms with Gasteiger partial charge in [-0.15, -0.1) is 0 Å². The highest BCUT2D eigenvalue weighted by molar-refractivity contribution is 4.96. The van der Waals surface area contributed by atoms with Gasteiger partial charge in [0.2, 0.25) is 0 Å². The van der Waals surface area contributed by atoms with Crippen molar-refractivity contribution in [1.29, 1.82) is 0 Å². The van der Waals surface area contributed by atoms with E-state index in [4.69, 9.17) is 18.9 Å². The van der Waals surface area contributed by atoms with Crippen molar-refractivity contribution in [3.8, 4) is 0 Å². The molecule has 0 bridgehead atoms. The summed E-state index contributed by atoms with van der Waals surface area (Å²) in [6.07, 6.45) is -1.97. The van der Waals surface area contributed by atoms with E-state index in [1.54, 1.807) is 14.0 Å². The van der Waals surface area contributed by atoms with Gasteiger partial charge in [-0.3, -0.25) is 0 Å². The summed E-state index contributed by atoms with van der Waals surface area (Å²) in [5.74, 6) is -0.636. The molecular formula is C10H18O5. The van der Waals surface area contributed by atoms with Crippen molar-refractivity contribution in [3.63, 3.8) is 0 Å². The summed E-state index contributed by atoms with van der Waals surface area (Å²) in [4.78, 5) is 0. The first-order chi connectivity index (χ1) is 6.94. The molecule has 0 aromatic rings. The van der Waals surface area contributed by atoms with Gasteiger partial charge >= 0.3 is 0 Å². The highest BCUT2D eigenvalue weighted by atomic mass is 16.8. The quantitative estimate of drug-likeness (QED) is 0.720. The van der Waals surface area contributed by atoms with Crippen molar-refractivity contribution in [2.24, 2.45) is 0 Å². The van der Waals surface area contributed by atoms with Gasteiger partial charge in [-0.05, 0) is 20.8 Å². The summed E-state index contributed by atoms with van der Waals surface area (Å²) >= 11 is 0. The standard InChI is InChI=1S/C10H18O5/c1-5(11)6-7-8(9(12-4)13-6)15-10(2,3)14-7/h5-9,11H,1-4H3/t5-,6-,7?,8?,9-/m1/s1. The molecule has 2 rings (SSSR count). The van der Waals surface area contributed by atoms with E-state index in [9.17, 15) is 5.11 Å². The largest absolute Gasteiger partial charge is 0.391 e. The average Bonchev–Trinajstić information content (AvgIpc) is 2.57. The van der Waals surface area contributed by atoms with Gasteiger partial charge in [0.05, 0.1) is 6.10 Å². The number of aliphatic hydroxyl groups excluding tert-OH is 1. The summed E-state index contributed by atoms with van der Waals surface area (Å²) in [6, 6.07) is 0. The fourth-order valence-corrected chi connectivity index (χ4v) is 2.17. The number of methoxy groups -OCH3 is 1. The molecule has 2 saturated heterocycles. The maximum absolute atomic E-state index is 9.57. The summed E-state index contributed by atoms with van der Waals surface area (Å²) in [5, 5.41) is 9.57. The van der Waals surface area contributed by atoms with Crippen LogP contribution in [0.1, 0.15) is 20.8 Å². The summed E-state index contributed by atoms with van der Waals surface area (Å²) < 4.78 is 22.0. The number of ether oxygens (including phenoxy) is 4. The molecule has 2 unspecified atom stereocenters. The molecule has 0 amide bonds. The van der Waals surface area contributed by atoms with E-state index in [0.29, 0.717) is 0 Å². The van der Waals surface area contributed by atoms with Crippen molar-refractivity contribution in [2.75, 3.05) is 7.11 Å². The van der Waals surface area contributed by atoms with Crippen LogP contribution >= 0.6 is 0 Å². The van der Waals surface area contributed by atoms with Crippen molar-refractivity contribution in [1.82, 2.24) is 0 Å². The summed E-state index contributed by atoms with van der Waals surface area (Å²) in [7, 11) is 1.56. The van der Waals surface area contributed by atoms with Gasteiger partial charge in [-0.1, -0.05) is 0 Å². The van der Waals surface area contributed by atoms with Crippen LogP contribution in [0.15, 0.2) is 0 Å². The normalized spacial score (nSPS) is 45.4. The SMILES string of the molecule is CO[C@@H]1O[C@H]([C@@H](C)O)C2OC(C)(C)OC21. The van der Waals surface area contributed by atoms with Crippen LogP contribution in [0.3, 0.4) is 0 Å². The zero-order valence-corrected chi connectivity index (χ0v) is 9.47. The van der Waals surface area contributed by atoms with E-state index in [1.807, 2.05) is 13.8 Å². The van der Waals surface area contributed by atoms with E-state index in [0.717, 1.165) is 0 Å². The van der Waals surface area contributed by atoms with E-state index in [-0.39, 0.29) is 18.3 Å². The summed E-state index contributed by atoms with van der Waals surface area (Å²) in [6.45, 7) is 5.36. The van der Waals surface area contributed by atoms with Crippen molar-refractivity contribution in [3.05, 3.63) is 0 Å². The zero-order chi connectivity index (χ0) is 11.2. The lowest BCUT2D eigenvalue weighted by Gasteiger charge is -2.24. The molecule has 15 heavy (non-hydrogen) atoms. The Balaban J connectivity index is 2.15. The number of hydrogen-bond donors (Lipinski definition) is 1. The second-order valence-electron chi connectivity index (χ2n) is 4.51. The molecular weight excluding hydrogens is 200 g/mol. The lowest BCUT2D eigenvalue weighted by Crippen LogP contribution is -2.36. The topological polar surface area (TPSA) is 57.2 Å². The second kappa shape index (κ2) is 3.68. The van der Waals surface area contributed by atoms with Crippen LogP contribution < -0.4 is 0 Å². The fourth-order valence-electron chi connectivity index (χ4n) is 2.17. The molecule has 0 spiro atoms. The maximum Gasteiger partial charge on any atom is 0.186 e. The highest BCUT2D eigenvalue weighted by Crippen LogP contribution is 2.39.